The van der Waals surface area contributed by atoms with Gasteiger partial charge in [0.25, 0.3) is 5.91 Å². The first kappa shape index (κ1) is 18.7. The highest BCUT2D eigenvalue weighted by Gasteiger charge is 2.21. The SMILES string of the molecule is COc1ccc(Cl)cc1NC(=O)[C@@H](C)OC(=O)c1cc(F)cc(F)c1. The Morgan fingerprint density at radius 1 is 1.12 bits per heavy atom. The zero-order chi connectivity index (χ0) is 18.6. The van der Waals surface area contributed by atoms with Crippen LogP contribution in [0.15, 0.2) is 36.4 Å². The van der Waals surface area contributed by atoms with Crippen molar-refractivity contribution in [1.82, 2.24) is 0 Å². The highest BCUT2D eigenvalue weighted by molar-refractivity contribution is 6.31. The molecule has 0 fully saturated rings. The number of nitrogens with one attached hydrogen (secondary N) is 1. The van der Waals surface area contributed by atoms with Crippen LogP contribution in [0.4, 0.5) is 14.5 Å². The molecule has 0 saturated carbocycles. The molecule has 132 valence electrons. The summed E-state index contributed by atoms with van der Waals surface area (Å²) in [5, 5.41) is 2.88. The van der Waals surface area contributed by atoms with Crippen molar-refractivity contribution in [3.8, 4) is 5.75 Å². The summed E-state index contributed by atoms with van der Waals surface area (Å²) in [6.07, 6.45) is -1.22. The normalized spacial score (nSPS) is 11.6. The second-order valence-corrected chi connectivity index (χ2v) is 5.48. The number of rotatable bonds is 5. The van der Waals surface area contributed by atoms with Crippen molar-refractivity contribution in [2.45, 2.75) is 13.0 Å². The van der Waals surface area contributed by atoms with Gasteiger partial charge in [0.2, 0.25) is 0 Å². The largest absolute Gasteiger partial charge is 0.495 e. The first-order valence-corrected chi connectivity index (χ1v) is 7.49. The Hall–Kier alpha value is -2.67. The number of ether oxygens (including phenoxy) is 2. The molecular formula is C17H14ClF2NO4. The fraction of sp³-hybridized carbons (Fsp3) is 0.176. The average molecular weight is 370 g/mol. The van der Waals surface area contributed by atoms with Crippen LogP contribution in [0.5, 0.6) is 5.75 Å². The quantitative estimate of drug-likeness (QED) is 0.814. The molecule has 8 heteroatoms. The maximum Gasteiger partial charge on any atom is 0.339 e. The molecule has 0 unspecified atom stereocenters. The lowest BCUT2D eigenvalue weighted by atomic mass is 10.2. The Bertz CT molecular complexity index is 793. The molecule has 0 bridgehead atoms. The number of carbonyl (C=O) groups is 2. The van der Waals surface area contributed by atoms with Crippen LogP contribution in [-0.4, -0.2) is 25.1 Å². The predicted octanol–water partition coefficient (Wildman–Crippen LogP) is 3.81. The fourth-order valence-corrected chi connectivity index (χ4v) is 2.14. The number of hydrogen-bond acceptors (Lipinski definition) is 4. The Labute approximate surface area is 147 Å². The van der Waals surface area contributed by atoms with Gasteiger partial charge in [-0.2, -0.15) is 0 Å². The van der Waals surface area contributed by atoms with Crippen LogP contribution < -0.4 is 10.1 Å². The smallest absolute Gasteiger partial charge is 0.339 e. The summed E-state index contributed by atoms with van der Waals surface area (Å²) in [7, 11) is 1.42. The van der Waals surface area contributed by atoms with Crippen molar-refractivity contribution in [3.05, 3.63) is 58.6 Å². The van der Waals surface area contributed by atoms with Gasteiger partial charge in [-0.1, -0.05) is 11.6 Å². The summed E-state index contributed by atoms with van der Waals surface area (Å²) < 4.78 is 36.3. The maximum atomic E-state index is 13.1. The van der Waals surface area contributed by atoms with E-state index in [0.29, 0.717) is 22.5 Å². The lowest BCUT2D eigenvalue weighted by molar-refractivity contribution is -0.123. The van der Waals surface area contributed by atoms with Crippen LogP contribution in [0.1, 0.15) is 17.3 Å². The average Bonchev–Trinajstić information content (AvgIpc) is 2.54. The van der Waals surface area contributed by atoms with Gasteiger partial charge in [0.05, 0.1) is 18.4 Å². The molecule has 0 aliphatic rings. The number of methoxy groups -OCH3 is 1. The maximum absolute atomic E-state index is 13.1. The van der Waals surface area contributed by atoms with Gasteiger partial charge in [-0.3, -0.25) is 4.79 Å². The van der Waals surface area contributed by atoms with Gasteiger partial charge in [0, 0.05) is 11.1 Å². The van der Waals surface area contributed by atoms with E-state index in [1.54, 1.807) is 12.1 Å². The van der Waals surface area contributed by atoms with Gasteiger partial charge in [-0.15, -0.1) is 0 Å². The van der Waals surface area contributed by atoms with Crippen molar-refractivity contribution >= 4 is 29.2 Å². The molecule has 0 radical (unpaired) electrons. The van der Waals surface area contributed by atoms with E-state index < -0.39 is 29.6 Å². The van der Waals surface area contributed by atoms with E-state index >= 15 is 0 Å². The molecular weight excluding hydrogens is 356 g/mol. The van der Waals surface area contributed by atoms with E-state index in [2.05, 4.69) is 5.32 Å². The van der Waals surface area contributed by atoms with Crippen LogP contribution in [0.25, 0.3) is 0 Å². The lowest BCUT2D eigenvalue weighted by Gasteiger charge is -2.15. The number of esters is 1. The minimum atomic E-state index is -1.22. The van der Waals surface area contributed by atoms with Gasteiger partial charge in [0.15, 0.2) is 6.10 Å². The van der Waals surface area contributed by atoms with Gasteiger partial charge in [-0.05, 0) is 37.3 Å². The molecule has 25 heavy (non-hydrogen) atoms. The van der Waals surface area contributed by atoms with E-state index in [-0.39, 0.29) is 5.56 Å². The number of halogens is 3. The molecule has 0 aliphatic heterocycles. The molecule has 0 heterocycles. The Morgan fingerprint density at radius 2 is 1.76 bits per heavy atom. The van der Waals surface area contributed by atoms with Crippen LogP contribution in [0, 0.1) is 11.6 Å². The fourth-order valence-electron chi connectivity index (χ4n) is 1.97. The number of hydrogen-bond donors (Lipinski definition) is 1. The second kappa shape index (κ2) is 7.94. The second-order valence-electron chi connectivity index (χ2n) is 5.04. The van der Waals surface area contributed by atoms with Crippen LogP contribution >= 0.6 is 11.6 Å². The first-order chi connectivity index (χ1) is 11.8. The highest BCUT2D eigenvalue weighted by Crippen LogP contribution is 2.27. The zero-order valence-electron chi connectivity index (χ0n) is 13.3. The topological polar surface area (TPSA) is 64.6 Å². The molecule has 1 amide bonds. The van der Waals surface area contributed by atoms with E-state index in [9.17, 15) is 18.4 Å². The van der Waals surface area contributed by atoms with E-state index in [1.807, 2.05) is 0 Å². The number of amides is 1. The summed E-state index contributed by atoms with van der Waals surface area (Å²) in [4.78, 5) is 24.1. The van der Waals surface area contributed by atoms with Gasteiger partial charge >= 0.3 is 5.97 Å². The first-order valence-electron chi connectivity index (χ1n) is 7.11. The van der Waals surface area contributed by atoms with Gasteiger partial charge < -0.3 is 14.8 Å². The third-order valence-electron chi connectivity index (χ3n) is 3.17. The summed E-state index contributed by atoms with van der Waals surface area (Å²) >= 11 is 5.87. The van der Waals surface area contributed by atoms with Crippen molar-refractivity contribution < 1.29 is 27.8 Å². The van der Waals surface area contributed by atoms with Crippen molar-refractivity contribution in [2.75, 3.05) is 12.4 Å². The lowest BCUT2D eigenvalue weighted by Crippen LogP contribution is -2.30. The van der Waals surface area contributed by atoms with E-state index in [4.69, 9.17) is 21.1 Å². The molecule has 1 atom stereocenters. The molecule has 0 saturated heterocycles. The van der Waals surface area contributed by atoms with Crippen LogP contribution in [0.2, 0.25) is 5.02 Å². The highest BCUT2D eigenvalue weighted by atomic mass is 35.5. The van der Waals surface area contributed by atoms with Crippen molar-refractivity contribution in [1.29, 1.82) is 0 Å². The van der Waals surface area contributed by atoms with Crippen LogP contribution in [-0.2, 0) is 9.53 Å². The molecule has 2 aromatic carbocycles. The molecule has 2 aromatic rings. The Morgan fingerprint density at radius 3 is 2.36 bits per heavy atom. The standard InChI is InChI=1S/C17H14ClF2NO4/c1-9(25-17(23)10-5-12(19)8-13(20)6-10)16(22)21-14-7-11(18)3-4-15(14)24-2/h3-9H,1-2H3,(H,21,22)/t9-/m1/s1. The van der Waals surface area contributed by atoms with E-state index in [0.717, 1.165) is 12.1 Å². The van der Waals surface area contributed by atoms with E-state index in [1.165, 1.54) is 20.1 Å². The van der Waals surface area contributed by atoms with Gasteiger partial charge in [-0.25, -0.2) is 13.6 Å². The summed E-state index contributed by atoms with van der Waals surface area (Å²) in [6, 6.07) is 6.86. The minimum Gasteiger partial charge on any atom is -0.495 e. The summed E-state index contributed by atoms with van der Waals surface area (Å²) in [5.74, 6) is -3.17. The monoisotopic (exact) mass is 369 g/mol. The predicted molar refractivity (Wildman–Crippen MR) is 87.9 cm³/mol. The molecule has 2 rings (SSSR count). The van der Waals surface area contributed by atoms with Gasteiger partial charge in [0.1, 0.15) is 17.4 Å². The molecule has 0 aliphatic carbocycles. The third-order valence-corrected chi connectivity index (χ3v) is 3.41. The molecule has 0 aromatic heterocycles. The van der Waals surface area contributed by atoms with Crippen molar-refractivity contribution in [3.63, 3.8) is 0 Å². The summed E-state index contributed by atoms with van der Waals surface area (Å²) in [5.41, 5.74) is -0.0443. The Kier molecular flexibility index (Phi) is 5.93. The zero-order valence-corrected chi connectivity index (χ0v) is 14.1. The number of carbonyl (C=O) groups excluding carboxylic acids is 2. The third kappa shape index (κ3) is 4.90. The molecule has 5 nitrogen and oxygen atoms in total. The Balaban J connectivity index is 2.07. The summed E-state index contributed by atoms with van der Waals surface area (Å²) in [6.45, 7) is 1.32. The molecule has 1 N–H and O–H groups in total. The van der Waals surface area contributed by atoms with Crippen molar-refractivity contribution in [2.24, 2.45) is 0 Å². The molecule has 0 spiro atoms. The number of anilines is 1. The minimum absolute atomic E-state index is 0.291. The number of benzene rings is 2. The van der Waals surface area contributed by atoms with Crippen LogP contribution in [0.3, 0.4) is 0 Å².